The maximum absolute atomic E-state index is 12.7. The third-order valence-electron chi connectivity index (χ3n) is 3.90. The number of halogens is 1. The first-order chi connectivity index (χ1) is 14.0. The zero-order valence-corrected chi connectivity index (χ0v) is 17.4. The van der Waals surface area contributed by atoms with E-state index in [0.29, 0.717) is 39.5 Å². The van der Waals surface area contributed by atoms with Crippen molar-refractivity contribution in [2.75, 3.05) is 24.4 Å². The zero-order valence-electron chi connectivity index (χ0n) is 15.8. The molecule has 3 rings (SSSR count). The van der Waals surface area contributed by atoms with Crippen molar-refractivity contribution in [2.45, 2.75) is 6.92 Å². The minimum atomic E-state index is -0.376. The molecule has 0 atom stereocenters. The fourth-order valence-corrected chi connectivity index (χ4v) is 3.17. The Hall–Kier alpha value is -3.26. The van der Waals surface area contributed by atoms with Crippen LogP contribution in [0.2, 0.25) is 0 Å². The van der Waals surface area contributed by atoms with Gasteiger partial charge in [-0.2, -0.15) is 0 Å². The van der Waals surface area contributed by atoms with Gasteiger partial charge in [-0.25, -0.2) is 0 Å². The van der Waals surface area contributed by atoms with E-state index >= 15 is 0 Å². The van der Waals surface area contributed by atoms with Crippen LogP contribution in [-0.2, 0) is 0 Å². The maximum atomic E-state index is 12.7. The molecule has 0 aliphatic carbocycles. The minimum Gasteiger partial charge on any atom is -0.493 e. The first-order valence-electron chi connectivity index (χ1n) is 8.78. The average molecular weight is 459 g/mol. The molecule has 0 saturated heterocycles. The molecular formula is C21H19BrN2O5. The number of furan rings is 1. The second kappa shape index (κ2) is 9.29. The molecule has 7 nitrogen and oxygen atoms in total. The molecule has 0 fully saturated rings. The van der Waals surface area contributed by atoms with Crippen LogP contribution in [0.25, 0.3) is 0 Å². The number of ether oxygens (including phenoxy) is 2. The van der Waals surface area contributed by atoms with E-state index in [9.17, 15) is 9.59 Å². The molecule has 0 saturated carbocycles. The quantitative estimate of drug-likeness (QED) is 0.522. The summed E-state index contributed by atoms with van der Waals surface area (Å²) >= 11 is 3.41. The highest BCUT2D eigenvalue weighted by Crippen LogP contribution is 2.36. The lowest BCUT2D eigenvalue weighted by Gasteiger charge is -2.13. The number of hydrogen-bond acceptors (Lipinski definition) is 5. The predicted octanol–water partition coefficient (Wildman–Crippen LogP) is 4.95. The summed E-state index contributed by atoms with van der Waals surface area (Å²) in [6.07, 6.45) is 1.43. The van der Waals surface area contributed by atoms with Crippen molar-refractivity contribution in [1.29, 1.82) is 0 Å². The van der Waals surface area contributed by atoms with Crippen LogP contribution in [0.15, 0.2) is 63.7 Å². The fraction of sp³-hybridized carbons (Fsp3) is 0.143. The summed E-state index contributed by atoms with van der Waals surface area (Å²) in [6.45, 7) is 2.33. The molecule has 0 aliphatic heterocycles. The average Bonchev–Trinajstić information content (AvgIpc) is 3.24. The van der Waals surface area contributed by atoms with Crippen LogP contribution in [0, 0.1) is 0 Å². The van der Waals surface area contributed by atoms with Gasteiger partial charge < -0.3 is 24.5 Å². The van der Waals surface area contributed by atoms with Crippen molar-refractivity contribution in [1.82, 2.24) is 0 Å². The first-order valence-corrected chi connectivity index (χ1v) is 9.57. The molecule has 0 bridgehead atoms. The Balaban J connectivity index is 1.75. The lowest BCUT2D eigenvalue weighted by atomic mass is 10.1. The molecule has 2 N–H and O–H groups in total. The van der Waals surface area contributed by atoms with Gasteiger partial charge in [-0.05, 0) is 65.3 Å². The molecule has 1 aromatic heterocycles. The molecule has 8 heteroatoms. The Morgan fingerprint density at radius 1 is 1.03 bits per heavy atom. The summed E-state index contributed by atoms with van der Waals surface area (Å²) < 4.78 is 16.6. The Morgan fingerprint density at radius 2 is 1.76 bits per heavy atom. The third-order valence-corrected chi connectivity index (χ3v) is 4.49. The highest BCUT2D eigenvalue weighted by Gasteiger charge is 2.16. The largest absolute Gasteiger partial charge is 0.493 e. The lowest BCUT2D eigenvalue weighted by molar-refractivity contribution is 0.0995. The molecule has 3 aromatic rings. The summed E-state index contributed by atoms with van der Waals surface area (Å²) in [5.41, 5.74) is 1.44. The summed E-state index contributed by atoms with van der Waals surface area (Å²) in [5.74, 6) is 0.478. The van der Waals surface area contributed by atoms with Crippen LogP contribution in [0.3, 0.4) is 0 Å². The van der Waals surface area contributed by atoms with Crippen molar-refractivity contribution < 1.29 is 23.5 Å². The normalized spacial score (nSPS) is 10.3. The van der Waals surface area contributed by atoms with Crippen molar-refractivity contribution >= 4 is 39.1 Å². The van der Waals surface area contributed by atoms with Gasteiger partial charge in [0.2, 0.25) is 0 Å². The van der Waals surface area contributed by atoms with E-state index in [-0.39, 0.29) is 17.6 Å². The molecule has 0 spiro atoms. The van der Waals surface area contributed by atoms with E-state index < -0.39 is 0 Å². The van der Waals surface area contributed by atoms with Gasteiger partial charge in [0.05, 0.1) is 24.5 Å². The number of carbonyl (C=O) groups is 2. The topological polar surface area (TPSA) is 89.8 Å². The van der Waals surface area contributed by atoms with Crippen LogP contribution >= 0.6 is 15.9 Å². The number of rotatable bonds is 7. The molecule has 0 aliphatic rings. The smallest absolute Gasteiger partial charge is 0.291 e. The minimum absolute atomic E-state index is 0.200. The number of nitrogens with one attached hydrogen (secondary N) is 2. The molecular weight excluding hydrogens is 440 g/mol. The molecule has 2 amide bonds. The van der Waals surface area contributed by atoms with Gasteiger partial charge in [-0.3, -0.25) is 9.59 Å². The SMILES string of the molecule is CCOc1c(Br)cc(C(=O)Nc2cccc(NC(=O)c3ccco3)c2)cc1OC. The molecule has 0 unspecified atom stereocenters. The lowest BCUT2D eigenvalue weighted by Crippen LogP contribution is -2.14. The Morgan fingerprint density at radius 3 is 2.38 bits per heavy atom. The van der Waals surface area contributed by atoms with Crippen LogP contribution in [0.5, 0.6) is 11.5 Å². The van der Waals surface area contributed by atoms with E-state index in [0.717, 1.165) is 0 Å². The van der Waals surface area contributed by atoms with Crippen molar-refractivity contribution in [3.05, 3.63) is 70.6 Å². The van der Waals surface area contributed by atoms with Crippen LogP contribution < -0.4 is 20.1 Å². The van der Waals surface area contributed by atoms with Gasteiger partial charge >= 0.3 is 0 Å². The van der Waals surface area contributed by atoms with Gasteiger partial charge in [-0.1, -0.05) is 6.07 Å². The van der Waals surface area contributed by atoms with E-state index in [1.807, 2.05) is 6.92 Å². The fourth-order valence-electron chi connectivity index (χ4n) is 2.61. The second-order valence-corrected chi connectivity index (χ2v) is 6.74. The molecule has 0 radical (unpaired) electrons. The number of hydrogen-bond donors (Lipinski definition) is 2. The first kappa shape index (κ1) is 20.5. The highest BCUT2D eigenvalue weighted by molar-refractivity contribution is 9.10. The number of benzene rings is 2. The highest BCUT2D eigenvalue weighted by atomic mass is 79.9. The number of carbonyl (C=O) groups excluding carboxylic acids is 2. The maximum Gasteiger partial charge on any atom is 0.291 e. The van der Waals surface area contributed by atoms with E-state index in [1.54, 1.807) is 48.5 Å². The van der Waals surface area contributed by atoms with Gasteiger partial charge in [0.1, 0.15) is 0 Å². The summed E-state index contributed by atoms with van der Waals surface area (Å²) in [7, 11) is 1.51. The van der Waals surface area contributed by atoms with Crippen molar-refractivity contribution in [2.24, 2.45) is 0 Å². The molecule has 29 heavy (non-hydrogen) atoms. The van der Waals surface area contributed by atoms with Gasteiger partial charge in [0.15, 0.2) is 17.3 Å². The van der Waals surface area contributed by atoms with Crippen molar-refractivity contribution in [3.63, 3.8) is 0 Å². The van der Waals surface area contributed by atoms with Crippen LogP contribution in [0.4, 0.5) is 11.4 Å². The van der Waals surface area contributed by atoms with Crippen molar-refractivity contribution in [3.8, 4) is 11.5 Å². The molecule has 1 heterocycles. The standard InChI is InChI=1S/C21H19BrN2O5/c1-3-28-19-16(22)10-13(11-18(19)27-2)20(25)23-14-6-4-7-15(12-14)24-21(26)17-8-5-9-29-17/h4-12H,3H2,1-2H3,(H,23,25)(H,24,26). The second-order valence-electron chi connectivity index (χ2n) is 5.89. The van der Waals surface area contributed by atoms with Gasteiger partial charge in [-0.15, -0.1) is 0 Å². The zero-order chi connectivity index (χ0) is 20.8. The van der Waals surface area contributed by atoms with Crippen LogP contribution in [0.1, 0.15) is 27.8 Å². The van der Waals surface area contributed by atoms with Crippen LogP contribution in [-0.4, -0.2) is 25.5 Å². The monoisotopic (exact) mass is 458 g/mol. The predicted molar refractivity (Wildman–Crippen MR) is 113 cm³/mol. The molecule has 150 valence electrons. The van der Waals surface area contributed by atoms with Gasteiger partial charge in [0, 0.05) is 16.9 Å². The van der Waals surface area contributed by atoms with Gasteiger partial charge in [0.25, 0.3) is 11.8 Å². The summed E-state index contributed by atoms with van der Waals surface area (Å²) in [6, 6.07) is 13.3. The number of amides is 2. The van der Waals surface area contributed by atoms with E-state index in [2.05, 4.69) is 26.6 Å². The number of anilines is 2. The van der Waals surface area contributed by atoms with E-state index in [1.165, 1.54) is 13.4 Å². The third kappa shape index (κ3) is 4.97. The Labute approximate surface area is 176 Å². The summed E-state index contributed by atoms with van der Waals surface area (Å²) in [5, 5.41) is 5.52. The summed E-state index contributed by atoms with van der Waals surface area (Å²) in [4.78, 5) is 24.8. The Bertz CT molecular complexity index is 1020. The van der Waals surface area contributed by atoms with E-state index in [4.69, 9.17) is 13.9 Å². The Kier molecular flexibility index (Phi) is 6.56. The number of methoxy groups -OCH3 is 1. The molecule has 2 aromatic carbocycles.